The van der Waals surface area contributed by atoms with E-state index in [1.54, 1.807) is 0 Å². The Morgan fingerprint density at radius 1 is 0.500 bits per heavy atom. The molecule has 16 heteroatoms. The van der Waals surface area contributed by atoms with Gasteiger partial charge in [-0.2, -0.15) is 65.9 Å². The summed E-state index contributed by atoms with van der Waals surface area (Å²) in [5.74, 6) is -51.4. The first-order valence-corrected chi connectivity index (χ1v) is 5.64. The van der Waals surface area contributed by atoms with Gasteiger partial charge in [0.05, 0.1) is 0 Å². The molecule has 26 heavy (non-hydrogen) atoms. The van der Waals surface area contributed by atoms with Crippen LogP contribution in [0.4, 0.5) is 70.2 Å². The second-order valence-corrected chi connectivity index (χ2v) is 4.58. The van der Waals surface area contributed by atoms with Crippen LogP contribution in [0, 0.1) is 0 Å². The molecule has 156 valence electrons. The largest absolute Gasteiger partial charge is 0.460 e. The Hall–Kier alpha value is -1.38. The van der Waals surface area contributed by atoms with Crippen molar-refractivity contribution in [3.05, 3.63) is 11.9 Å². The van der Waals surface area contributed by atoms with Crippen LogP contribution in [-0.4, -0.2) is 41.7 Å². The Labute approximate surface area is 132 Å². The maximum absolute atomic E-state index is 13.0. The molecule has 0 bridgehead atoms. The summed E-state index contributed by atoms with van der Waals surface area (Å²) in [7, 11) is 0. The Bertz CT molecular complexity index is 550. The lowest BCUT2D eigenvalue weighted by atomic mass is 9.90. The number of halogens is 16. The maximum atomic E-state index is 13.0. The van der Waals surface area contributed by atoms with E-state index < -0.39 is 53.6 Å². The van der Waals surface area contributed by atoms with Crippen molar-refractivity contribution in [3.8, 4) is 0 Å². The molecular weight excluding hydrogens is 424 g/mol. The van der Waals surface area contributed by atoms with E-state index in [0.717, 1.165) is 0 Å². The summed E-state index contributed by atoms with van der Waals surface area (Å²) in [5, 5.41) is 0. The summed E-state index contributed by atoms with van der Waals surface area (Å²) in [5.41, 5.74) is 0. The molecule has 0 spiro atoms. The Balaban J connectivity index is 6.61. The lowest BCUT2D eigenvalue weighted by Crippen LogP contribution is -2.72. The third kappa shape index (κ3) is 2.88. The number of allylic oxidation sites excluding steroid dienone is 2. The van der Waals surface area contributed by atoms with Gasteiger partial charge in [-0.1, -0.05) is 0 Å². The number of rotatable bonds is 6. The fourth-order valence-corrected chi connectivity index (χ4v) is 1.30. The highest BCUT2D eigenvalue weighted by atomic mass is 19.4. The van der Waals surface area contributed by atoms with Crippen molar-refractivity contribution in [1.29, 1.82) is 0 Å². The van der Waals surface area contributed by atoms with Crippen LogP contribution < -0.4 is 0 Å². The van der Waals surface area contributed by atoms with Gasteiger partial charge in [0.1, 0.15) is 0 Å². The Kier molecular flexibility index (Phi) is 5.75. The van der Waals surface area contributed by atoms with Gasteiger partial charge in [0, 0.05) is 0 Å². The highest BCUT2D eigenvalue weighted by Gasteiger charge is 2.93. The zero-order valence-electron chi connectivity index (χ0n) is 11.6. The second-order valence-electron chi connectivity index (χ2n) is 4.58. The molecule has 0 rings (SSSR count). The molecule has 0 aromatic heterocycles. The van der Waals surface area contributed by atoms with Crippen LogP contribution in [0.15, 0.2) is 11.9 Å². The lowest BCUT2D eigenvalue weighted by Gasteiger charge is -2.41. The van der Waals surface area contributed by atoms with E-state index in [-0.39, 0.29) is 6.92 Å². The second kappa shape index (κ2) is 6.07. The van der Waals surface area contributed by atoms with Crippen LogP contribution in [0.25, 0.3) is 0 Å². The highest BCUT2D eigenvalue weighted by Crippen LogP contribution is 2.63. The SMILES string of the molecule is CC=C(F)C(F)(F)C(F)(F)C(F)(F)C(F)(F)C(F)(F)C(F)(F)C(F)(F)F. The van der Waals surface area contributed by atoms with Crippen LogP contribution in [0.2, 0.25) is 0 Å². The van der Waals surface area contributed by atoms with E-state index in [1.807, 2.05) is 0 Å². The van der Waals surface area contributed by atoms with Gasteiger partial charge in [-0.25, -0.2) is 4.39 Å². The third-order valence-electron chi connectivity index (χ3n) is 2.88. The van der Waals surface area contributed by atoms with Crippen molar-refractivity contribution in [2.45, 2.75) is 48.6 Å². The first-order valence-electron chi connectivity index (χ1n) is 5.64. The van der Waals surface area contributed by atoms with Crippen LogP contribution >= 0.6 is 0 Å². The predicted molar refractivity (Wildman–Crippen MR) is 50.6 cm³/mol. The molecule has 0 N–H and O–H groups in total. The molecular formula is C10H4F16. The topological polar surface area (TPSA) is 0 Å². The highest BCUT2D eigenvalue weighted by molar-refractivity contribution is 5.19. The molecule has 0 aliphatic rings. The van der Waals surface area contributed by atoms with Crippen molar-refractivity contribution in [3.63, 3.8) is 0 Å². The molecule has 0 fully saturated rings. The summed E-state index contributed by atoms with van der Waals surface area (Å²) >= 11 is 0. The average molecular weight is 428 g/mol. The first kappa shape index (κ1) is 24.6. The van der Waals surface area contributed by atoms with Gasteiger partial charge in [-0.05, 0) is 13.0 Å². The fraction of sp³-hybridized carbons (Fsp3) is 0.800. The zero-order chi connectivity index (χ0) is 21.8. The van der Waals surface area contributed by atoms with Crippen molar-refractivity contribution in [1.82, 2.24) is 0 Å². The molecule has 0 aliphatic heterocycles. The van der Waals surface area contributed by atoms with E-state index in [4.69, 9.17) is 0 Å². The van der Waals surface area contributed by atoms with Gasteiger partial charge in [-0.3, -0.25) is 0 Å². The van der Waals surface area contributed by atoms with E-state index in [9.17, 15) is 70.2 Å². The van der Waals surface area contributed by atoms with Gasteiger partial charge in [0.25, 0.3) is 0 Å². The number of hydrogen-bond donors (Lipinski definition) is 0. The van der Waals surface area contributed by atoms with Crippen LogP contribution in [0.1, 0.15) is 6.92 Å². The van der Waals surface area contributed by atoms with Gasteiger partial charge < -0.3 is 0 Å². The van der Waals surface area contributed by atoms with Gasteiger partial charge in [0.2, 0.25) is 0 Å². The summed E-state index contributed by atoms with van der Waals surface area (Å²) in [4.78, 5) is 0. The molecule has 0 saturated heterocycles. The molecule has 0 unspecified atom stereocenters. The van der Waals surface area contributed by atoms with Gasteiger partial charge in [0.15, 0.2) is 5.83 Å². The molecule has 0 aliphatic carbocycles. The van der Waals surface area contributed by atoms with E-state index in [1.165, 1.54) is 0 Å². The maximum Gasteiger partial charge on any atom is 0.460 e. The van der Waals surface area contributed by atoms with E-state index in [2.05, 4.69) is 0 Å². The average Bonchev–Trinajstić information content (AvgIpc) is 2.43. The fourth-order valence-electron chi connectivity index (χ4n) is 1.30. The number of alkyl halides is 15. The third-order valence-corrected chi connectivity index (χ3v) is 2.88. The molecule has 0 saturated carbocycles. The summed E-state index contributed by atoms with van der Waals surface area (Å²) < 4.78 is 202. The minimum atomic E-state index is -8.40. The Morgan fingerprint density at radius 3 is 1.04 bits per heavy atom. The van der Waals surface area contributed by atoms with Crippen LogP contribution in [0.3, 0.4) is 0 Å². The predicted octanol–water partition coefficient (Wildman–Crippen LogP) is 6.23. The quantitative estimate of drug-likeness (QED) is 0.440. The lowest BCUT2D eigenvalue weighted by molar-refractivity contribution is -0.450. The molecule has 0 atom stereocenters. The standard InChI is InChI=1S/C10H4F16/c1-2-3(11)4(12,13)5(14,15)6(16,17)7(18,19)8(20,21)9(22,23)10(24,25)26/h2H,1H3. The van der Waals surface area contributed by atoms with Crippen molar-refractivity contribution in [2.75, 3.05) is 0 Å². The molecule has 0 amide bonds. The summed E-state index contributed by atoms with van der Waals surface area (Å²) in [6.07, 6.45) is -8.35. The smallest absolute Gasteiger partial charge is 0.205 e. The van der Waals surface area contributed by atoms with E-state index in [0.29, 0.717) is 0 Å². The molecule has 0 nitrogen and oxygen atoms in total. The van der Waals surface area contributed by atoms with Crippen LogP contribution in [0.5, 0.6) is 0 Å². The first-order chi connectivity index (χ1) is 11.0. The van der Waals surface area contributed by atoms with E-state index >= 15 is 0 Å². The van der Waals surface area contributed by atoms with Crippen molar-refractivity contribution < 1.29 is 70.2 Å². The Morgan fingerprint density at radius 2 is 0.769 bits per heavy atom. The van der Waals surface area contributed by atoms with Crippen molar-refractivity contribution in [2.24, 2.45) is 0 Å². The molecule has 0 heterocycles. The van der Waals surface area contributed by atoms with Gasteiger partial charge in [-0.15, -0.1) is 0 Å². The zero-order valence-corrected chi connectivity index (χ0v) is 11.6. The monoisotopic (exact) mass is 428 g/mol. The summed E-state index contributed by atoms with van der Waals surface area (Å²) in [6, 6.07) is 0. The normalized spacial score (nSPS) is 16.9. The molecule has 0 aromatic carbocycles. The van der Waals surface area contributed by atoms with Crippen molar-refractivity contribution >= 4 is 0 Å². The minimum absolute atomic E-state index is 0.141. The number of hydrogen-bond acceptors (Lipinski definition) is 0. The minimum Gasteiger partial charge on any atom is -0.205 e. The van der Waals surface area contributed by atoms with Gasteiger partial charge >= 0.3 is 41.7 Å². The van der Waals surface area contributed by atoms with Crippen LogP contribution in [-0.2, 0) is 0 Å². The molecule has 0 aromatic rings. The molecule has 0 radical (unpaired) electrons. The summed E-state index contributed by atoms with van der Waals surface area (Å²) in [6.45, 7) is 0.141.